The van der Waals surface area contributed by atoms with Crippen LogP contribution in [-0.4, -0.2) is 70.3 Å². The monoisotopic (exact) mass is 799 g/mol. The molecular weight excluding hydrogens is 750 g/mol. The number of halogens is 1. The van der Waals surface area contributed by atoms with Gasteiger partial charge in [-0.3, -0.25) is 9.59 Å². The van der Waals surface area contributed by atoms with Crippen molar-refractivity contribution in [3.8, 4) is 28.7 Å². The van der Waals surface area contributed by atoms with Crippen LogP contribution in [-0.2, 0) is 28.3 Å². The number of methoxy groups -OCH3 is 3. The summed E-state index contributed by atoms with van der Waals surface area (Å²) >= 11 is 6.84. The van der Waals surface area contributed by atoms with Crippen LogP contribution in [0.4, 0.5) is 4.79 Å². The summed E-state index contributed by atoms with van der Waals surface area (Å²) in [6, 6.07) is 9.15. The number of hydrogen-bond acceptors (Lipinski definition) is 11. The highest BCUT2D eigenvalue weighted by molar-refractivity contribution is 6.74. The molecule has 4 atom stereocenters. The number of phenolic OH excluding ortho intramolecular Hbond substituents is 1. The second kappa shape index (κ2) is 16.8. The molecule has 0 fully saturated rings. The van der Waals surface area contributed by atoms with Crippen molar-refractivity contribution in [3.63, 3.8) is 0 Å². The van der Waals surface area contributed by atoms with Crippen molar-refractivity contribution in [2.24, 2.45) is 0 Å². The van der Waals surface area contributed by atoms with E-state index in [4.69, 9.17) is 39.7 Å². The SMILES string of the molecule is COC(=O)[C@H]1NC(=O)[C@@H](c2ccc(OC)cc2)NC(=O)[C@H](NC(=O)OC(C)(C)C)c2cc(O)c(OC)c(c2)Oc2ccc(cc2Cl)[C@H]1O[Si](C)(C)C(C)(C)C. The molecule has 2 heterocycles. The molecule has 4 bridgehead atoms. The molecule has 0 aromatic heterocycles. The third kappa shape index (κ3) is 10.2. The first-order valence-electron chi connectivity index (χ1n) is 17.5. The van der Waals surface area contributed by atoms with E-state index in [2.05, 4.69) is 16.0 Å². The summed E-state index contributed by atoms with van der Waals surface area (Å²) in [6.07, 6.45) is -2.10. The van der Waals surface area contributed by atoms with E-state index in [1.165, 1.54) is 39.5 Å². The van der Waals surface area contributed by atoms with Crippen LogP contribution in [0.1, 0.15) is 76.4 Å². The third-order valence-electron chi connectivity index (χ3n) is 9.30. The Labute approximate surface area is 327 Å². The van der Waals surface area contributed by atoms with E-state index in [9.17, 15) is 24.3 Å². The van der Waals surface area contributed by atoms with Gasteiger partial charge in [-0.05, 0) is 92.0 Å². The first kappa shape index (κ1) is 42.7. The van der Waals surface area contributed by atoms with Crippen molar-refractivity contribution in [2.45, 2.75) is 89.5 Å². The summed E-state index contributed by atoms with van der Waals surface area (Å²) in [5, 5.41) is 18.9. The largest absolute Gasteiger partial charge is 0.504 e. The number of rotatable bonds is 7. The van der Waals surface area contributed by atoms with Gasteiger partial charge in [-0.25, -0.2) is 9.59 Å². The van der Waals surface area contributed by atoms with E-state index < -0.39 is 67.8 Å². The zero-order valence-corrected chi connectivity index (χ0v) is 34.7. The average Bonchev–Trinajstić information content (AvgIpc) is 3.09. The number of esters is 1. The van der Waals surface area contributed by atoms with Gasteiger partial charge in [-0.2, -0.15) is 0 Å². The molecule has 3 aromatic carbocycles. The number of hydrogen-bond donors (Lipinski definition) is 4. The fourth-order valence-electron chi connectivity index (χ4n) is 5.44. The van der Waals surface area contributed by atoms with Gasteiger partial charge in [-0.1, -0.05) is 50.6 Å². The topological polar surface area (TPSA) is 180 Å². The molecular formula is C39H50ClN3O11Si. The Hall–Kier alpha value is -4.99. The van der Waals surface area contributed by atoms with Gasteiger partial charge in [0.25, 0.3) is 0 Å². The highest BCUT2D eigenvalue weighted by Gasteiger charge is 2.45. The van der Waals surface area contributed by atoms with Crippen LogP contribution in [0.25, 0.3) is 0 Å². The van der Waals surface area contributed by atoms with Gasteiger partial charge in [0, 0.05) is 0 Å². The van der Waals surface area contributed by atoms with Crippen LogP contribution in [0.3, 0.4) is 0 Å². The van der Waals surface area contributed by atoms with E-state index in [-0.39, 0.29) is 32.9 Å². The van der Waals surface area contributed by atoms with Crippen molar-refractivity contribution in [1.82, 2.24) is 16.0 Å². The Kier molecular flexibility index (Phi) is 13.1. The number of nitrogens with one attached hydrogen (secondary N) is 3. The van der Waals surface area contributed by atoms with E-state index in [0.29, 0.717) is 16.9 Å². The first-order chi connectivity index (χ1) is 25.6. The molecule has 5 rings (SSSR count). The second-order valence-electron chi connectivity index (χ2n) is 15.5. The Balaban J connectivity index is 2.02. The molecule has 0 saturated carbocycles. The van der Waals surface area contributed by atoms with E-state index >= 15 is 0 Å². The Bertz CT molecular complexity index is 1910. The molecule has 14 nitrogen and oxygen atoms in total. The van der Waals surface area contributed by atoms with Gasteiger partial charge in [0.15, 0.2) is 25.9 Å². The maximum absolute atomic E-state index is 14.6. The number of aromatic hydroxyl groups is 1. The molecule has 2 aliphatic rings. The van der Waals surface area contributed by atoms with E-state index in [1.807, 2.05) is 33.9 Å². The van der Waals surface area contributed by atoms with Crippen molar-refractivity contribution in [3.05, 3.63) is 76.3 Å². The number of ether oxygens (including phenoxy) is 5. The first-order valence-corrected chi connectivity index (χ1v) is 20.8. The smallest absolute Gasteiger partial charge is 0.408 e. The molecule has 0 aliphatic carbocycles. The van der Waals surface area contributed by atoms with Crippen molar-refractivity contribution >= 4 is 43.8 Å². The standard InChI is InChI=1S/C39H50ClN3O11Si/c1-38(2,3)53-37(48)43-30-23-19-26(44)33(50-8)28(20-23)52-27-17-14-22(18-25(27)40)32(54-55(10,11)39(4,5)6)31(36(47)51-9)42-34(45)29(41-35(30)46)21-12-15-24(49-7)16-13-21/h12-20,29-32,44H,1-11H3,(H,41,46)(H,42,45)(H,43,48)/t29-,30-,31+,32-/m1/s1. The normalized spacial score (nSPS) is 19.3. The third-order valence-corrected chi connectivity index (χ3v) is 14.1. The van der Waals surface area contributed by atoms with Gasteiger partial charge < -0.3 is 49.2 Å². The number of phenols is 1. The van der Waals surface area contributed by atoms with Crippen LogP contribution < -0.4 is 30.2 Å². The summed E-state index contributed by atoms with van der Waals surface area (Å²) in [5.41, 5.74) is -0.209. The van der Waals surface area contributed by atoms with Gasteiger partial charge in [0.05, 0.1) is 26.4 Å². The predicted octanol–water partition coefficient (Wildman–Crippen LogP) is 7.01. The zero-order chi connectivity index (χ0) is 41.0. The van der Waals surface area contributed by atoms with Crippen molar-refractivity contribution in [1.29, 1.82) is 0 Å². The maximum Gasteiger partial charge on any atom is 0.408 e. The van der Waals surface area contributed by atoms with E-state index in [1.54, 1.807) is 57.2 Å². The number of benzene rings is 3. The van der Waals surface area contributed by atoms with Crippen LogP contribution in [0, 0.1) is 0 Å². The highest BCUT2D eigenvalue weighted by Crippen LogP contribution is 2.45. The number of carbonyl (C=O) groups excluding carboxylic acids is 4. The van der Waals surface area contributed by atoms with Crippen LogP contribution in [0.2, 0.25) is 23.2 Å². The summed E-state index contributed by atoms with van der Waals surface area (Å²) in [7, 11) is 1.27. The summed E-state index contributed by atoms with van der Waals surface area (Å²) < 4.78 is 34.5. The Morgan fingerprint density at radius 2 is 1.47 bits per heavy atom. The lowest BCUT2D eigenvalue weighted by Gasteiger charge is -2.41. The molecule has 3 amide bonds. The predicted molar refractivity (Wildman–Crippen MR) is 207 cm³/mol. The van der Waals surface area contributed by atoms with Gasteiger partial charge in [0.1, 0.15) is 35.3 Å². The van der Waals surface area contributed by atoms with E-state index in [0.717, 1.165) is 0 Å². The molecule has 0 spiro atoms. The lowest BCUT2D eigenvalue weighted by atomic mass is 9.99. The lowest BCUT2D eigenvalue weighted by Crippen LogP contribution is -2.54. The lowest BCUT2D eigenvalue weighted by molar-refractivity contribution is -0.148. The summed E-state index contributed by atoms with van der Waals surface area (Å²) in [4.78, 5) is 56.0. The molecule has 0 saturated heterocycles. The van der Waals surface area contributed by atoms with Gasteiger partial charge >= 0.3 is 12.1 Å². The molecule has 16 heteroatoms. The molecule has 0 radical (unpaired) electrons. The Morgan fingerprint density at radius 3 is 2.02 bits per heavy atom. The van der Waals surface area contributed by atoms with Gasteiger partial charge in [-0.15, -0.1) is 0 Å². The van der Waals surface area contributed by atoms with Gasteiger partial charge in [0.2, 0.25) is 17.6 Å². The minimum Gasteiger partial charge on any atom is -0.504 e. The van der Waals surface area contributed by atoms with Crippen molar-refractivity contribution in [2.75, 3.05) is 21.3 Å². The molecule has 55 heavy (non-hydrogen) atoms. The molecule has 2 aliphatic heterocycles. The highest BCUT2D eigenvalue weighted by atomic mass is 35.5. The summed E-state index contributed by atoms with van der Waals surface area (Å²) in [5.74, 6) is -2.53. The second-order valence-corrected chi connectivity index (χ2v) is 20.6. The molecule has 0 unspecified atom stereocenters. The number of alkyl carbamates (subject to hydrolysis) is 1. The number of carbonyl (C=O) groups is 4. The van der Waals surface area contributed by atoms with Crippen molar-refractivity contribution < 1.29 is 52.4 Å². The van der Waals surface area contributed by atoms with Crippen LogP contribution in [0.15, 0.2) is 54.6 Å². The minimum absolute atomic E-state index is 0.0284. The zero-order valence-electron chi connectivity index (χ0n) is 32.9. The molecule has 4 N–H and O–H groups in total. The average molecular weight is 800 g/mol. The maximum atomic E-state index is 14.6. The fraction of sp³-hybridized carbons (Fsp3) is 0.436. The van der Waals surface area contributed by atoms with Crippen LogP contribution >= 0.6 is 11.6 Å². The Morgan fingerprint density at radius 1 is 0.836 bits per heavy atom. The quantitative estimate of drug-likeness (QED) is 0.143. The fourth-order valence-corrected chi connectivity index (χ4v) is 6.93. The molecule has 298 valence electrons. The molecule has 3 aromatic rings. The minimum atomic E-state index is -2.71. The summed E-state index contributed by atoms with van der Waals surface area (Å²) in [6.45, 7) is 15.0. The number of amides is 3. The number of fused-ring (bicyclic) bond motifs is 9. The van der Waals surface area contributed by atoms with Crippen LogP contribution in [0.5, 0.6) is 28.7 Å².